The van der Waals surface area contributed by atoms with Gasteiger partial charge in [-0.15, -0.1) is 0 Å². The molecule has 1 fully saturated rings. The monoisotopic (exact) mass is 183 g/mol. The largest absolute Gasteiger partial charge is 0.313 e. The van der Waals surface area contributed by atoms with Crippen molar-refractivity contribution >= 4 is 7.85 Å². The molecule has 0 aromatic heterocycles. The van der Waals surface area contributed by atoms with Gasteiger partial charge in [0.2, 0.25) is 0 Å². The van der Waals surface area contributed by atoms with E-state index in [0.29, 0.717) is 18.0 Å². The zero-order chi connectivity index (χ0) is 10.0. The van der Waals surface area contributed by atoms with Gasteiger partial charge in [-0.25, -0.2) is 0 Å². The molecule has 1 heterocycles. The molecule has 3 heteroatoms. The first-order valence-electron chi connectivity index (χ1n) is 5.53. The molecule has 1 aliphatic rings. The van der Waals surface area contributed by atoms with Crippen molar-refractivity contribution in [3.05, 3.63) is 0 Å². The molecule has 3 unspecified atom stereocenters. The van der Waals surface area contributed by atoms with Crippen LogP contribution in [0.2, 0.25) is 6.32 Å². The average Bonchev–Trinajstić information content (AvgIpc) is 2.08. The Balaban J connectivity index is 2.63. The molecule has 1 N–H and O–H groups in total. The minimum Gasteiger partial charge on any atom is -0.313 e. The Morgan fingerprint density at radius 3 is 2.54 bits per heavy atom. The third-order valence-electron chi connectivity index (χ3n) is 3.27. The van der Waals surface area contributed by atoms with Crippen LogP contribution >= 0.6 is 0 Å². The van der Waals surface area contributed by atoms with Gasteiger partial charge >= 0.3 is 0 Å². The molecular formula is C10H22BNO. The zero-order valence-corrected chi connectivity index (χ0v) is 9.33. The van der Waals surface area contributed by atoms with Crippen molar-refractivity contribution in [1.82, 2.24) is 5.06 Å². The van der Waals surface area contributed by atoms with Gasteiger partial charge in [0.1, 0.15) is 7.85 Å². The van der Waals surface area contributed by atoms with Gasteiger partial charge in [0.05, 0.1) is 0 Å². The highest BCUT2D eigenvalue weighted by molar-refractivity contribution is 6.08. The summed E-state index contributed by atoms with van der Waals surface area (Å²) < 4.78 is 0. The number of hydroxylamine groups is 2. The van der Waals surface area contributed by atoms with Crippen LogP contribution in [-0.2, 0) is 0 Å². The van der Waals surface area contributed by atoms with Gasteiger partial charge < -0.3 is 5.21 Å². The maximum Gasteiger partial charge on any atom is 0.103 e. The first kappa shape index (κ1) is 11.1. The van der Waals surface area contributed by atoms with Crippen molar-refractivity contribution in [3.63, 3.8) is 0 Å². The van der Waals surface area contributed by atoms with Crippen LogP contribution in [0.5, 0.6) is 0 Å². The van der Waals surface area contributed by atoms with Crippen LogP contribution in [0.15, 0.2) is 0 Å². The van der Waals surface area contributed by atoms with Gasteiger partial charge in [-0.3, -0.25) is 0 Å². The van der Waals surface area contributed by atoms with Gasteiger partial charge in [-0.1, -0.05) is 27.1 Å². The van der Waals surface area contributed by atoms with Crippen LogP contribution in [0.3, 0.4) is 0 Å². The van der Waals surface area contributed by atoms with Gasteiger partial charge in [-0.05, 0) is 24.7 Å². The van der Waals surface area contributed by atoms with E-state index in [-0.39, 0.29) is 0 Å². The minimum atomic E-state index is 0.369. The van der Waals surface area contributed by atoms with E-state index in [2.05, 4.69) is 28.6 Å². The van der Waals surface area contributed by atoms with E-state index < -0.39 is 0 Å². The first-order valence-corrected chi connectivity index (χ1v) is 5.53. The van der Waals surface area contributed by atoms with Crippen molar-refractivity contribution in [1.29, 1.82) is 0 Å². The molecule has 2 nitrogen and oxygen atoms in total. The third-order valence-corrected chi connectivity index (χ3v) is 3.27. The topological polar surface area (TPSA) is 23.5 Å². The molecule has 0 aromatic carbocycles. The first-order chi connectivity index (χ1) is 6.06. The Labute approximate surface area is 82.7 Å². The van der Waals surface area contributed by atoms with E-state index >= 15 is 0 Å². The van der Waals surface area contributed by atoms with E-state index in [4.69, 9.17) is 0 Å². The second kappa shape index (κ2) is 4.47. The smallest absolute Gasteiger partial charge is 0.103 e. The van der Waals surface area contributed by atoms with Crippen LogP contribution in [-0.4, -0.2) is 30.2 Å². The van der Waals surface area contributed by atoms with Crippen LogP contribution in [0.1, 0.15) is 33.6 Å². The van der Waals surface area contributed by atoms with Crippen LogP contribution in [0.4, 0.5) is 0 Å². The Bertz CT molecular complexity index is 163. The molecule has 0 amide bonds. The van der Waals surface area contributed by atoms with Gasteiger partial charge in [-0.2, -0.15) is 5.06 Å². The Morgan fingerprint density at radius 2 is 2.08 bits per heavy atom. The summed E-state index contributed by atoms with van der Waals surface area (Å²) in [5.74, 6) is 1.32. The summed E-state index contributed by atoms with van der Waals surface area (Å²) >= 11 is 0. The zero-order valence-electron chi connectivity index (χ0n) is 9.33. The summed E-state index contributed by atoms with van der Waals surface area (Å²) in [5.41, 5.74) is 0. The van der Waals surface area contributed by atoms with Crippen molar-refractivity contribution in [3.8, 4) is 0 Å². The van der Waals surface area contributed by atoms with Crippen molar-refractivity contribution < 1.29 is 5.21 Å². The molecule has 1 rings (SSSR count). The molecule has 13 heavy (non-hydrogen) atoms. The van der Waals surface area contributed by atoms with E-state index in [0.717, 1.165) is 25.1 Å². The van der Waals surface area contributed by atoms with Crippen molar-refractivity contribution in [2.75, 3.05) is 0 Å². The molecule has 0 bridgehead atoms. The summed E-state index contributed by atoms with van der Waals surface area (Å²) in [6.45, 7) is 6.68. The standard InChI is InChI=1S/C10H22BNO/c1-7(2)10-5-8(3)4-9(6-11)12(10)13/h7-10,13H,4-6,11H2,1-3H3. The second-order valence-electron chi connectivity index (χ2n) is 4.83. The molecule has 1 aliphatic heterocycles. The molecule has 76 valence electrons. The molecular weight excluding hydrogens is 161 g/mol. The number of rotatable bonds is 2. The van der Waals surface area contributed by atoms with E-state index in [1.807, 2.05) is 0 Å². The highest BCUT2D eigenvalue weighted by Crippen LogP contribution is 2.30. The predicted octanol–water partition coefficient (Wildman–Crippen LogP) is 1.55. The summed E-state index contributed by atoms with van der Waals surface area (Å²) in [6, 6.07) is 0.754. The highest BCUT2D eigenvalue weighted by atomic mass is 16.5. The summed E-state index contributed by atoms with van der Waals surface area (Å²) in [4.78, 5) is 0. The fourth-order valence-electron chi connectivity index (χ4n) is 2.39. The number of hydrogen-bond acceptors (Lipinski definition) is 2. The predicted molar refractivity (Wildman–Crippen MR) is 57.8 cm³/mol. The lowest BCUT2D eigenvalue weighted by molar-refractivity contribution is -0.190. The lowest BCUT2D eigenvalue weighted by Crippen LogP contribution is -2.48. The van der Waals surface area contributed by atoms with Gasteiger partial charge in [0.15, 0.2) is 0 Å². The minimum absolute atomic E-state index is 0.369. The molecule has 0 saturated carbocycles. The molecule has 1 saturated heterocycles. The lowest BCUT2D eigenvalue weighted by Gasteiger charge is -2.42. The van der Waals surface area contributed by atoms with E-state index in [1.165, 1.54) is 0 Å². The Hall–Kier alpha value is -0.0151. The number of hydrogen-bond donors (Lipinski definition) is 1. The van der Waals surface area contributed by atoms with E-state index in [1.54, 1.807) is 5.06 Å². The normalized spacial score (nSPS) is 36.8. The van der Waals surface area contributed by atoms with Crippen molar-refractivity contribution in [2.24, 2.45) is 11.8 Å². The third kappa shape index (κ3) is 2.47. The molecule has 0 aromatic rings. The second-order valence-corrected chi connectivity index (χ2v) is 4.83. The Kier molecular flexibility index (Phi) is 3.80. The molecule has 0 aliphatic carbocycles. The number of nitrogens with zero attached hydrogens (tertiary/aromatic N) is 1. The summed E-state index contributed by atoms with van der Waals surface area (Å²) in [6.07, 6.45) is 3.35. The lowest BCUT2D eigenvalue weighted by atomic mass is 9.80. The summed E-state index contributed by atoms with van der Waals surface area (Å²) in [7, 11) is 2.16. The fraction of sp³-hybridized carbons (Fsp3) is 1.00. The van der Waals surface area contributed by atoms with Crippen LogP contribution in [0, 0.1) is 11.8 Å². The number of piperidine rings is 1. The molecule has 0 radical (unpaired) electrons. The maximum absolute atomic E-state index is 9.95. The van der Waals surface area contributed by atoms with Crippen LogP contribution in [0.25, 0.3) is 0 Å². The van der Waals surface area contributed by atoms with Gasteiger partial charge in [0, 0.05) is 12.1 Å². The average molecular weight is 183 g/mol. The quantitative estimate of drug-likeness (QED) is 0.656. The summed E-state index contributed by atoms with van der Waals surface area (Å²) in [5, 5.41) is 11.6. The van der Waals surface area contributed by atoms with E-state index in [9.17, 15) is 5.21 Å². The fourth-order valence-corrected chi connectivity index (χ4v) is 2.39. The molecule has 3 atom stereocenters. The SMILES string of the molecule is BCC1CC(C)CC(C(C)C)N1O. The maximum atomic E-state index is 9.95. The van der Waals surface area contributed by atoms with Crippen molar-refractivity contribution in [2.45, 2.75) is 52.0 Å². The Morgan fingerprint density at radius 1 is 1.46 bits per heavy atom. The van der Waals surface area contributed by atoms with Crippen LogP contribution < -0.4 is 0 Å². The molecule has 0 spiro atoms. The van der Waals surface area contributed by atoms with Gasteiger partial charge in [0.25, 0.3) is 0 Å². The highest BCUT2D eigenvalue weighted by Gasteiger charge is 2.33.